The summed E-state index contributed by atoms with van der Waals surface area (Å²) in [5.74, 6) is 1.30. The molecule has 4 rings (SSSR count). The molecule has 144 valence electrons. The van der Waals surface area contributed by atoms with Gasteiger partial charge in [-0.15, -0.1) is 0 Å². The molecule has 0 radical (unpaired) electrons. The van der Waals surface area contributed by atoms with Crippen LogP contribution in [0.1, 0.15) is 47.4 Å². The molecule has 1 unspecified atom stereocenters. The molecule has 1 aliphatic rings. The van der Waals surface area contributed by atoms with Gasteiger partial charge in [0.05, 0.1) is 12.8 Å². The summed E-state index contributed by atoms with van der Waals surface area (Å²) >= 11 is 0. The zero-order chi connectivity index (χ0) is 19.5. The molecule has 2 aromatic carbocycles. The lowest BCUT2D eigenvalue weighted by molar-refractivity contribution is 0.0955. The molecular weight excluding hydrogens is 350 g/mol. The maximum Gasteiger partial charge on any atom is 0.271 e. The molecule has 1 atom stereocenters. The minimum Gasteiger partial charge on any atom is -0.494 e. The molecule has 2 N–H and O–H groups in total. The van der Waals surface area contributed by atoms with Crippen molar-refractivity contribution in [2.45, 2.75) is 33.1 Å². The average molecular weight is 375 g/mol. The quantitative estimate of drug-likeness (QED) is 0.511. The first-order chi connectivity index (χ1) is 13.6. The summed E-state index contributed by atoms with van der Waals surface area (Å²) in [6.07, 6.45) is 4.99. The lowest BCUT2D eigenvalue weighted by atomic mass is 9.87. The number of benzene rings is 2. The minimum atomic E-state index is -0.206. The number of hydrogen-bond acceptors (Lipinski definition) is 3. The third kappa shape index (κ3) is 3.79. The van der Waals surface area contributed by atoms with Crippen LogP contribution in [0.4, 0.5) is 0 Å². The highest BCUT2D eigenvalue weighted by atomic mass is 16.5. The fourth-order valence-corrected chi connectivity index (χ4v) is 3.78. The monoisotopic (exact) mass is 375 g/mol. The van der Waals surface area contributed by atoms with Crippen LogP contribution in [0.5, 0.6) is 5.75 Å². The first kappa shape index (κ1) is 18.3. The van der Waals surface area contributed by atoms with Crippen LogP contribution < -0.4 is 10.2 Å². The fraction of sp³-hybridized carbons (Fsp3) is 0.304. The van der Waals surface area contributed by atoms with Gasteiger partial charge in [0.1, 0.15) is 5.75 Å². The Kier molecular flexibility index (Phi) is 5.15. The predicted molar refractivity (Wildman–Crippen MR) is 112 cm³/mol. The Morgan fingerprint density at radius 2 is 2.11 bits per heavy atom. The van der Waals surface area contributed by atoms with Crippen molar-refractivity contribution in [2.24, 2.45) is 11.0 Å². The third-order valence-electron chi connectivity index (χ3n) is 5.27. The molecule has 1 heterocycles. The topological polar surface area (TPSA) is 66.5 Å². The van der Waals surface area contributed by atoms with Gasteiger partial charge in [-0.05, 0) is 85.7 Å². The van der Waals surface area contributed by atoms with E-state index in [-0.39, 0.29) is 5.91 Å². The second-order valence-electron chi connectivity index (χ2n) is 7.39. The van der Waals surface area contributed by atoms with Crippen LogP contribution in [0.2, 0.25) is 0 Å². The SMILES string of the molecule is CCOc1ccc(/C=N\NC(=O)c2ccc3[nH]c4c(c3c2)CC(C)CC4)cc1. The first-order valence-electron chi connectivity index (χ1n) is 9.83. The highest BCUT2D eigenvalue weighted by Crippen LogP contribution is 2.32. The molecule has 0 saturated heterocycles. The van der Waals surface area contributed by atoms with Crippen LogP contribution in [0.3, 0.4) is 0 Å². The number of ether oxygens (including phenoxy) is 1. The van der Waals surface area contributed by atoms with Gasteiger partial charge in [0, 0.05) is 22.2 Å². The number of rotatable bonds is 5. The van der Waals surface area contributed by atoms with E-state index in [0.717, 1.165) is 35.1 Å². The van der Waals surface area contributed by atoms with Crippen LogP contribution in [-0.4, -0.2) is 23.7 Å². The van der Waals surface area contributed by atoms with Crippen molar-refractivity contribution in [1.82, 2.24) is 10.4 Å². The standard InChI is InChI=1S/C23H25N3O2/c1-3-28-18-8-5-16(6-9-18)14-24-26-23(27)17-7-11-22-20(13-17)19-12-15(2)4-10-21(19)25-22/h5-9,11,13-15,25H,3-4,10,12H2,1-2H3,(H,26,27)/b24-14-. The van der Waals surface area contributed by atoms with Crippen molar-refractivity contribution in [1.29, 1.82) is 0 Å². The van der Waals surface area contributed by atoms with Crippen LogP contribution in [0.25, 0.3) is 10.9 Å². The summed E-state index contributed by atoms with van der Waals surface area (Å²) < 4.78 is 5.42. The van der Waals surface area contributed by atoms with E-state index in [1.807, 2.05) is 49.4 Å². The van der Waals surface area contributed by atoms with Crippen LogP contribution in [0, 0.1) is 5.92 Å². The summed E-state index contributed by atoms with van der Waals surface area (Å²) in [7, 11) is 0. The van der Waals surface area contributed by atoms with Gasteiger partial charge in [-0.2, -0.15) is 5.10 Å². The summed E-state index contributed by atoms with van der Waals surface area (Å²) in [5.41, 5.74) is 7.93. The Morgan fingerprint density at radius 1 is 1.29 bits per heavy atom. The summed E-state index contributed by atoms with van der Waals surface area (Å²) in [6.45, 7) is 4.87. The molecule has 28 heavy (non-hydrogen) atoms. The van der Waals surface area contributed by atoms with E-state index in [1.165, 1.54) is 17.7 Å². The molecule has 1 amide bonds. The molecule has 1 aliphatic carbocycles. The van der Waals surface area contributed by atoms with Gasteiger partial charge >= 0.3 is 0 Å². The van der Waals surface area contributed by atoms with Gasteiger partial charge in [-0.3, -0.25) is 4.79 Å². The van der Waals surface area contributed by atoms with Crippen LogP contribution >= 0.6 is 0 Å². The van der Waals surface area contributed by atoms with Crippen LogP contribution in [0.15, 0.2) is 47.6 Å². The molecular formula is C23H25N3O2. The van der Waals surface area contributed by atoms with E-state index < -0.39 is 0 Å². The summed E-state index contributed by atoms with van der Waals surface area (Å²) in [6, 6.07) is 13.4. The Labute approximate surface area is 164 Å². The second kappa shape index (κ2) is 7.89. The largest absolute Gasteiger partial charge is 0.494 e. The number of aromatic amines is 1. The Morgan fingerprint density at radius 3 is 2.89 bits per heavy atom. The number of amides is 1. The molecule has 0 bridgehead atoms. The molecule has 1 aromatic heterocycles. The number of carbonyl (C=O) groups is 1. The number of H-pyrrole nitrogens is 1. The number of aryl methyl sites for hydroxylation is 1. The van der Waals surface area contributed by atoms with Crippen molar-refractivity contribution in [3.63, 3.8) is 0 Å². The smallest absolute Gasteiger partial charge is 0.271 e. The van der Waals surface area contributed by atoms with Crippen molar-refractivity contribution in [3.8, 4) is 5.75 Å². The fourth-order valence-electron chi connectivity index (χ4n) is 3.78. The van der Waals surface area contributed by atoms with Gasteiger partial charge in [0.2, 0.25) is 0 Å². The zero-order valence-corrected chi connectivity index (χ0v) is 16.3. The molecule has 0 aliphatic heterocycles. The van der Waals surface area contributed by atoms with E-state index >= 15 is 0 Å². The maximum absolute atomic E-state index is 12.5. The molecule has 5 nitrogen and oxygen atoms in total. The van der Waals surface area contributed by atoms with E-state index in [4.69, 9.17) is 4.74 Å². The number of hydrazone groups is 1. The molecule has 5 heteroatoms. The van der Waals surface area contributed by atoms with Crippen molar-refractivity contribution in [3.05, 3.63) is 64.8 Å². The molecule has 0 saturated carbocycles. The number of hydrogen-bond donors (Lipinski definition) is 2. The zero-order valence-electron chi connectivity index (χ0n) is 16.3. The summed E-state index contributed by atoms with van der Waals surface area (Å²) in [5, 5.41) is 5.24. The molecule has 3 aromatic rings. The van der Waals surface area contributed by atoms with Gasteiger partial charge in [0.25, 0.3) is 5.91 Å². The minimum absolute atomic E-state index is 0.206. The van der Waals surface area contributed by atoms with E-state index in [2.05, 4.69) is 22.4 Å². The number of fused-ring (bicyclic) bond motifs is 3. The average Bonchev–Trinajstić information content (AvgIpc) is 3.06. The third-order valence-corrected chi connectivity index (χ3v) is 5.27. The lowest BCUT2D eigenvalue weighted by Gasteiger charge is -2.18. The van der Waals surface area contributed by atoms with E-state index in [0.29, 0.717) is 18.1 Å². The number of carbonyl (C=O) groups excluding carboxylic acids is 1. The van der Waals surface area contributed by atoms with Crippen molar-refractivity contribution >= 4 is 23.0 Å². The predicted octanol–water partition coefficient (Wildman–Crippen LogP) is 4.46. The highest BCUT2D eigenvalue weighted by Gasteiger charge is 2.20. The lowest BCUT2D eigenvalue weighted by Crippen LogP contribution is -2.17. The summed E-state index contributed by atoms with van der Waals surface area (Å²) in [4.78, 5) is 16.0. The van der Waals surface area contributed by atoms with Gasteiger partial charge in [-0.25, -0.2) is 5.43 Å². The second-order valence-corrected chi connectivity index (χ2v) is 7.39. The molecule has 0 spiro atoms. The normalized spacial score (nSPS) is 16.3. The number of nitrogens with zero attached hydrogens (tertiary/aromatic N) is 1. The van der Waals surface area contributed by atoms with Crippen molar-refractivity contribution in [2.75, 3.05) is 6.61 Å². The first-order valence-corrected chi connectivity index (χ1v) is 9.83. The van der Waals surface area contributed by atoms with Gasteiger partial charge in [-0.1, -0.05) is 6.92 Å². The van der Waals surface area contributed by atoms with Gasteiger partial charge in [0.15, 0.2) is 0 Å². The molecule has 0 fully saturated rings. The van der Waals surface area contributed by atoms with E-state index in [9.17, 15) is 4.79 Å². The number of nitrogens with one attached hydrogen (secondary N) is 2. The maximum atomic E-state index is 12.5. The van der Waals surface area contributed by atoms with Crippen LogP contribution in [-0.2, 0) is 12.8 Å². The Bertz CT molecular complexity index is 1020. The Balaban J connectivity index is 1.47. The Hall–Kier alpha value is -3.08. The van der Waals surface area contributed by atoms with Crippen molar-refractivity contribution < 1.29 is 9.53 Å². The van der Waals surface area contributed by atoms with Gasteiger partial charge < -0.3 is 9.72 Å². The number of aromatic nitrogens is 1. The highest BCUT2D eigenvalue weighted by molar-refractivity contribution is 5.99. The van der Waals surface area contributed by atoms with E-state index in [1.54, 1.807) is 6.21 Å².